The number of hydrogen-bond donors (Lipinski definition) is 3. The van der Waals surface area contributed by atoms with Gasteiger partial charge in [0.2, 0.25) is 0 Å². The van der Waals surface area contributed by atoms with Crippen molar-refractivity contribution < 1.29 is 19.9 Å². The van der Waals surface area contributed by atoms with Gasteiger partial charge in [0.1, 0.15) is 5.75 Å². The third-order valence-corrected chi connectivity index (χ3v) is 3.07. The van der Waals surface area contributed by atoms with Gasteiger partial charge < -0.3 is 19.9 Å². The Hall–Kier alpha value is -1.82. The summed E-state index contributed by atoms with van der Waals surface area (Å²) < 4.78 is 5.61. The molecule has 0 aliphatic carbocycles. The third kappa shape index (κ3) is 3.84. The molecule has 5 heteroatoms. The molecule has 0 bridgehead atoms. The molecule has 0 atom stereocenters. The molecule has 0 aromatic heterocycles. The Morgan fingerprint density at radius 1 is 1.00 bits per heavy atom. The molecular weight excluding hydrogens is 255 g/mol. The van der Waals surface area contributed by atoms with Gasteiger partial charge >= 0.3 is 7.12 Å². The number of rotatable bonds is 6. The van der Waals surface area contributed by atoms with Gasteiger partial charge in [-0.2, -0.15) is 0 Å². The van der Waals surface area contributed by atoms with E-state index >= 15 is 0 Å². The molecule has 2 rings (SSSR count). The quantitative estimate of drug-likeness (QED) is 0.669. The van der Waals surface area contributed by atoms with E-state index < -0.39 is 7.12 Å². The van der Waals surface area contributed by atoms with E-state index in [1.54, 1.807) is 18.2 Å². The monoisotopic (exact) mass is 272 g/mol. The summed E-state index contributed by atoms with van der Waals surface area (Å²) in [5, 5.41) is 27.5. The van der Waals surface area contributed by atoms with Crippen LogP contribution in [-0.4, -0.2) is 28.9 Å². The van der Waals surface area contributed by atoms with Gasteiger partial charge in [-0.3, -0.25) is 0 Å². The molecule has 3 N–H and O–H groups in total. The normalized spacial score (nSPS) is 10.3. The van der Waals surface area contributed by atoms with Crippen molar-refractivity contribution in [2.24, 2.45) is 0 Å². The van der Waals surface area contributed by atoms with E-state index in [4.69, 9.17) is 14.8 Å². The SMILES string of the molecule is OCc1cc(OCCc2ccccc2)ccc1B(O)O. The predicted octanol–water partition coefficient (Wildman–Crippen LogP) is 0.480. The number of ether oxygens (including phenoxy) is 1. The van der Waals surface area contributed by atoms with Gasteiger partial charge in [-0.15, -0.1) is 0 Å². The Morgan fingerprint density at radius 3 is 2.40 bits per heavy atom. The first kappa shape index (κ1) is 14.6. The highest BCUT2D eigenvalue weighted by Gasteiger charge is 2.15. The van der Waals surface area contributed by atoms with E-state index in [-0.39, 0.29) is 6.61 Å². The van der Waals surface area contributed by atoms with Crippen LogP contribution in [-0.2, 0) is 13.0 Å². The highest BCUT2D eigenvalue weighted by molar-refractivity contribution is 6.59. The first-order valence-corrected chi connectivity index (χ1v) is 6.47. The minimum Gasteiger partial charge on any atom is -0.493 e. The summed E-state index contributed by atoms with van der Waals surface area (Å²) in [6, 6.07) is 14.8. The Labute approximate surface area is 118 Å². The molecule has 0 fully saturated rings. The van der Waals surface area contributed by atoms with Crippen LogP contribution in [0, 0.1) is 0 Å². The van der Waals surface area contributed by atoms with Crippen LogP contribution in [0.15, 0.2) is 48.5 Å². The van der Waals surface area contributed by atoms with Gasteiger partial charge in [-0.25, -0.2) is 0 Å². The van der Waals surface area contributed by atoms with Crippen LogP contribution in [0.5, 0.6) is 5.75 Å². The van der Waals surface area contributed by atoms with Gasteiger partial charge in [0, 0.05) is 6.42 Å². The molecule has 0 saturated heterocycles. The molecule has 4 nitrogen and oxygen atoms in total. The molecule has 20 heavy (non-hydrogen) atoms. The van der Waals surface area contributed by atoms with Crippen LogP contribution in [0.3, 0.4) is 0 Å². The average molecular weight is 272 g/mol. The topological polar surface area (TPSA) is 69.9 Å². The maximum atomic E-state index is 9.22. The van der Waals surface area contributed by atoms with E-state index in [0.29, 0.717) is 23.4 Å². The molecule has 0 aliphatic rings. The highest BCUT2D eigenvalue weighted by atomic mass is 16.5. The lowest BCUT2D eigenvalue weighted by atomic mass is 9.77. The second-order valence-electron chi connectivity index (χ2n) is 4.48. The van der Waals surface area contributed by atoms with Gasteiger partial charge in [-0.1, -0.05) is 36.4 Å². The zero-order valence-corrected chi connectivity index (χ0v) is 11.1. The first-order chi connectivity index (χ1) is 9.70. The lowest BCUT2D eigenvalue weighted by Crippen LogP contribution is -2.33. The molecular formula is C15H17BO4. The number of aliphatic hydroxyl groups is 1. The second kappa shape index (κ2) is 7.10. The van der Waals surface area contributed by atoms with E-state index in [9.17, 15) is 5.11 Å². The Kier molecular flexibility index (Phi) is 5.18. The van der Waals surface area contributed by atoms with Crippen molar-refractivity contribution in [1.82, 2.24) is 0 Å². The minimum absolute atomic E-state index is 0.261. The van der Waals surface area contributed by atoms with Crippen molar-refractivity contribution in [2.75, 3.05) is 6.61 Å². The summed E-state index contributed by atoms with van der Waals surface area (Å²) >= 11 is 0. The number of benzene rings is 2. The first-order valence-electron chi connectivity index (χ1n) is 6.47. The summed E-state index contributed by atoms with van der Waals surface area (Å²) in [5.41, 5.74) is 1.94. The largest absolute Gasteiger partial charge is 0.493 e. The molecule has 0 saturated carbocycles. The molecule has 0 aliphatic heterocycles. The van der Waals surface area contributed by atoms with Crippen LogP contribution < -0.4 is 10.2 Å². The van der Waals surface area contributed by atoms with Crippen molar-refractivity contribution in [3.8, 4) is 5.75 Å². The summed E-state index contributed by atoms with van der Waals surface area (Å²) in [5.74, 6) is 0.606. The molecule has 2 aromatic rings. The van der Waals surface area contributed by atoms with Crippen molar-refractivity contribution >= 4 is 12.6 Å². The molecule has 0 spiro atoms. The molecule has 2 aromatic carbocycles. The lowest BCUT2D eigenvalue weighted by Gasteiger charge is -2.11. The Balaban J connectivity index is 1.96. The van der Waals surface area contributed by atoms with Crippen LogP contribution in [0.1, 0.15) is 11.1 Å². The fourth-order valence-corrected chi connectivity index (χ4v) is 1.99. The number of hydrogen-bond acceptors (Lipinski definition) is 4. The van der Waals surface area contributed by atoms with Crippen molar-refractivity contribution in [3.63, 3.8) is 0 Å². The van der Waals surface area contributed by atoms with E-state index in [1.807, 2.05) is 30.3 Å². The van der Waals surface area contributed by atoms with Gasteiger partial charge in [0.15, 0.2) is 0 Å². The molecule has 0 amide bonds. The van der Waals surface area contributed by atoms with Crippen LogP contribution >= 0.6 is 0 Å². The maximum Gasteiger partial charge on any atom is 0.488 e. The summed E-state index contributed by atoms with van der Waals surface area (Å²) in [6.07, 6.45) is 0.791. The summed E-state index contributed by atoms with van der Waals surface area (Å²) in [7, 11) is -1.59. The smallest absolute Gasteiger partial charge is 0.488 e. The number of aliphatic hydroxyl groups excluding tert-OH is 1. The second-order valence-corrected chi connectivity index (χ2v) is 4.48. The fourth-order valence-electron chi connectivity index (χ4n) is 1.99. The maximum absolute atomic E-state index is 9.22. The standard InChI is InChI=1S/C15H17BO4/c17-11-13-10-14(6-7-15(13)16(18)19)20-9-8-12-4-2-1-3-5-12/h1-7,10,17-19H,8-9,11H2. The van der Waals surface area contributed by atoms with E-state index in [1.165, 1.54) is 5.56 Å². The molecule has 0 heterocycles. The minimum atomic E-state index is -1.59. The zero-order chi connectivity index (χ0) is 14.4. The fraction of sp³-hybridized carbons (Fsp3) is 0.200. The van der Waals surface area contributed by atoms with Crippen LogP contribution in [0.2, 0.25) is 0 Å². The molecule has 0 radical (unpaired) electrons. The Morgan fingerprint density at radius 2 is 1.75 bits per heavy atom. The van der Waals surface area contributed by atoms with Crippen LogP contribution in [0.4, 0.5) is 0 Å². The van der Waals surface area contributed by atoms with Crippen LogP contribution in [0.25, 0.3) is 0 Å². The molecule has 104 valence electrons. The summed E-state index contributed by atoms with van der Waals surface area (Å²) in [6.45, 7) is 0.263. The van der Waals surface area contributed by atoms with Gasteiger partial charge in [0.05, 0.1) is 13.2 Å². The van der Waals surface area contributed by atoms with Gasteiger partial charge in [0.25, 0.3) is 0 Å². The third-order valence-electron chi connectivity index (χ3n) is 3.07. The highest BCUT2D eigenvalue weighted by Crippen LogP contribution is 2.13. The van der Waals surface area contributed by atoms with Crippen molar-refractivity contribution in [3.05, 3.63) is 59.7 Å². The van der Waals surface area contributed by atoms with Crippen molar-refractivity contribution in [2.45, 2.75) is 13.0 Å². The van der Waals surface area contributed by atoms with E-state index in [2.05, 4.69) is 0 Å². The summed E-state index contributed by atoms with van der Waals surface area (Å²) in [4.78, 5) is 0. The van der Waals surface area contributed by atoms with Gasteiger partial charge in [-0.05, 0) is 28.7 Å². The molecule has 0 unspecified atom stereocenters. The van der Waals surface area contributed by atoms with E-state index in [0.717, 1.165) is 6.42 Å². The Bertz CT molecular complexity index is 543. The average Bonchev–Trinajstić information content (AvgIpc) is 2.48. The van der Waals surface area contributed by atoms with Crippen molar-refractivity contribution in [1.29, 1.82) is 0 Å². The lowest BCUT2D eigenvalue weighted by molar-refractivity contribution is 0.279. The predicted molar refractivity (Wildman–Crippen MR) is 77.8 cm³/mol. The zero-order valence-electron chi connectivity index (χ0n) is 11.1.